The highest BCUT2D eigenvalue weighted by Crippen LogP contribution is 2.27. The van der Waals surface area contributed by atoms with Gasteiger partial charge in [0.25, 0.3) is 5.91 Å². The third-order valence-corrected chi connectivity index (χ3v) is 4.98. The molecule has 22 heavy (non-hydrogen) atoms. The van der Waals surface area contributed by atoms with Gasteiger partial charge in [-0.2, -0.15) is 0 Å². The highest BCUT2D eigenvalue weighted by Gasteiger charge is 2.31. The number of fused-ring (bicyclic) bond motifs is 1. The molecule has 4 nitrogen and oxygen atoms in total. The van der Waals surface area contributed by atoms with Crippen molar-refractivity contribution in [3.63, 3.8) is 0 Å². The van der Waals surface area contributed by atoms with E-state index >= 15 is 0 Å². The van der Waals surface area contributed by atoms with Crippen LogP contribution in [0.3, 0.4) is 0 Å². The molecule has 2 atom stereocenters. The number of esters is 1. The van der Waals surface area contributed by atoms with Crippen molar-refractivity contribution >= 4 is 34.8 Å². The third kappa shape index (κ3) is 3.00. The van der Waals surface area contributed by atoms with Gasteiger partial charge in [0.2, 0.25) is 0 Å². The number of amides is 1. The van der Waals surface area contributed by atoms with Gasteiger partial charge >= 0.3 is 5.97 Å². The van der Waals surface area contributed by atoms with Crippen LogP contribution < -0.4 is 5.32 Å². The molecule has 0 radical (unpaired) electrons. The van der Waals surface area contributed by atoms with Gasteiger partial charge in [-0.25, -0.2) is 4.79 Å². The van der Waals surface area contributed by atoms with Gasteiger partial charge < -0.3 is 10.1 Å². The molecule has 1 amide bonds. The van der Waals surface area contributed by atoms with Crippen molar-refractivity contribution in [3.05, 3.63) is 56.7 Å². The summed E-state index contributed by atoms with van der Waals surface area (Å²) in [5.41, 5.74) is 1.37. The largest absolute Gasteiger partial charge is 0.448 e. The van der Waals surface area contributed by atoms with E-state index in [1.165, 1.54) is 11.3 Å². The first kappa shape index (κ1) is 15.1. The molecule has 0 fully saturated rings. The Morgan fingerprint density at radius 3 is 2.86 bits per heavy atom. The second-order valence-corrected chi connectivity index (χ2v) is 6.87. The summed E-state index contributed by atoms with van der Waals surface area (Å²) in [5, 5.41) is 2.87. The zero-order valence-corrected chi connectivity index (χ0v) is 13.4. The molecule has 3 rings (SSSR count). The number of halogens is 1. The molecule has 0 aliphatic carbocycles. The van der Waals surface area contributed by atoms with Gasteiger partial charge in [0.15, 0.2) is 6.10 Å². The van der Waals surface area contributed by atoms with E-state index in [0.717, 1.165) is 10.4 Å². The van der Waals surface area contributed by atoms with E-state index in [-0.39, 0.29) is 11.9 Å². The summed E-state index contributed by atoms with van der Waals surface area (Å²) in [5.74, 6) is -0.742. The Morgan fingerprint density at radius 2 is 2.14 bits per heavy atom. The maximum absolute atomic E-state index is 12.3. The second-order valence-electron chi connectivity index (χ2n) is 5.13. The number of hydrogen-bond donors (Lipinski definition) is 1. The van der Waals surface area contributed by atoms with Crippen molar-refractivity contribution < 1.29 is 14.3 Å². The molecule has 1 aliphatic rings. The SMILES string of the molecule is C[C@H](NC(=O)[C@H]1Cc2ccccc2C(=O)O1)c1ccc(Cl)s1. The van der Waals surface area contributed by atoms with Crippen molar-refractivity contribution in [2.24, 2.45) is 0 Å². The summed E-state index contributed by atoms with van der Waals surface area (Å²) in [7, 11) is 0. The number of cyclic esters (lactones) is 1. The van der Waals surface area contributed by atoms with Gasteiger partial charge in [0.05, 0.1) is 15.9 Å². The van der Waals surface area contributed by atoms with Crippen molar-refractivity contribution in [2.75, 3.05) is 0 Å². The lowest BCUT2D eigenvalue weighted by molar-refractivity contribution is -0.131. The summed E-state index contributed by atoms with van der Waals surface area (Å²) < 4.78 is 5.92. The summed E-state index contributed by atoms with van der Waals surface area (Å²) >= 11 is 7.32. The third-order valence-electron chi connectivity index (χ3n) is 3.56. The monoisotopic (exact) mass is 335 g/mol. The lowest BCUT2D eigenvalue weighted by Gasteiger charge is -2.25. The Hall–Kier alpha value is -1.85. The summed E-state index contributed by atoms with van der Waals surface area (Å²) in [4.78, 5) is 25.2. The first-order chi connectivity index (χ1) is 10.5. The van der Waals surface area contributed by atoms with E-state index < -0.39 is 12.1 Å². The Morgan fingerprint density at radius 1 is 1.36 bits per heavy atom. The predicted molar refractivity (Wildman–Crippen MR) is 85.2 cm³/mol. The van der Waals surface area contributed by atoms with Crippen molar-refractivity contribution in [1.82, 2.24) is 5.32 Å². The van der Waals surface area contributed by atoms with Gasteiger partial charge in [-0.05, 0) is 30.7 Å². The molecule has 0 saturated heterocycles. The van der Waals surface area contributed by atoms with E-state index in [1.54, 1.807) is 18.2 Å². The van der Waals surface area contributed by atoms with Crippen molar-refractivity contribution in [2.45, 2.75) is 25.5 Å². The fourth-order valence-corrected chi connectivity index (χ4v) is 3.48. The number of carbonyl (C=O) groups is 2. The molecule has 2 aromatic rings. The van der Waals surface area contributed by atoms with Crippen molar-refractivity contribution in [1.29, 1.82) is 0 Å². The quantitative estimate of drug-likeness (QED) is 0.875. The van der Waals surface area contributed by atoms with Crippen LogP contribution in [-0.2, 0) is 16.0 Å². The molecular formula is C16H14ClNO3S. The maximum Gasteiger partial charge on any atom is 0.339 e. The fourth-order valence-electron chi connectivity index (χ4n) is 2.42. The maximum atomic E-state index is 12.3. The van der Waals surface area contributed by atoms with E-state index in [9.17, 15) is 9.59 Å². The van der Waals surface area contributed by atoms with Crippen LogP contribution in [0.4, 0.5) is 0 Å². The zero-order chi connectivity index (χ0) is 15.7. The van der Waals surface area contributed by atoms with Gasteiger partial charge in [-0.15, -0.1) is 11.3 Å². The second kappa shape index (κ2) is 6.10. The molecule has 0 spiro atoms. The number of thiophene rings is 1. The average Bonchev–Trinajstić information content (AvgIpc) is 2.94. The van der Waals surface area contributed by atoms with Gasteiger partial charge in [-0.1, -0.05) is 29.8 Å². The average molecular weight is 336 g/mol. The minimum absolute atomic E-state index is 0.180. The van der Waals surface area contributed by atoms with E-state index in [1.807, 2.05) is 25.1 Å². The number of benzene rings is 1. The van der Waals surface area contributed by atoms with Gasteiger partial charge in [-0.3, -0.25) is 4.79 Å². The van der Waals surface area contributed by atoms with Crippen LogP contribution in [0.1, 0.15) is 33.8 Å². The topological polar surface area (TPSA) is 55.4 Å². The molecule has 2 heterocycles. The Labute approximate surface area is 137 Å². The normalized spacial score (nSPS) is 18.3. The molecule has 6 heteroatoms. The molecule has 1 aromatic heterocycles. The number of ether oxygens (including phenoxy) is 1. The minimum atomic E-state index is -0.791. The highest BCUT2D eigenvalue weighted by atomic mass is 35.5. The first-order valence-corrected chi connectivity index (χ1v) is 8.08. The Bertz CT molecular complexity index is 728. The molecule has 0 saturated carbocycles. The number of carbonyl (C=O) groups excluding carboxylic acids is 2. The van der Waals surface area contributed by atoms with Crippen LogP contribution in [0.5, 0.6) is 0 Å². The summed E-state index contributed by atoms with van der Waals surface area (Å²) in [6.07, 6.45) is -0.397. The highest BCUT2D eigenvalue weighted by molar-refractivity contribution is 7.16. The zero-order valence-electron chi connectivity index (χ0n) is 11.8. The van der Waals surface area contributed by atoms with Crippen LogP contribution >= 0.6 is 22.9 Å². The molecule has 114 valence electrons. The van der Waals surface area contributed by atoms with Crippen LogP contribution in [-0.4, -0.2) is 18.0 Å². The minimum Gasteiger partial charge on any atom is -0.448 e. The lowest BCUT2D eigenvalue weighted by Crippen LogP contribution is -2.42. The van der Waals surface area contributed by atoms with Gasteiger partial charge in [0, 0.05) is 11.3 Å². The smallest absolute Gasteiger partial charge is 0.339 e. The van der Waals surface area contributed by atoms with Crippen LogP contribution in [0.15, 0.2) is 36.4 Å². The fraction of sp³-hybridized carbons (Fsp3) is 0.250. The molecule has 0 bridgehead atoms. The van der Waals surface area contributed by atoms with Crippen LogP contribution in [0.2, 0.25) is 4.34 Å². The van der Waals surface area contributed by atoms with E-state index in [2.05, 4.69) is 5.32 Å². The number of nitrogens with one attached hydrogen (secondary N) is 1. The van der Waals surface area contributed by atoms with E-state index in [4.69, 9.17) is 16.3 Å². The summed E-state index contributed by atoms with van der Waals surface area (Å²) in [6, 6.07) is 10.7. The summed E-state index contributed by atoms with van der Waals surface area (Å²) in [6.45, 7) is 1.87. The van der Waals surface area contributed by atoms with E-state index in [0.29, 0.717) is 16.3 Å². The molecular weight excluding hydrogens is 322 g/mol. The van der Waals surface area contributed by atoms with Crippen LogP contribution in [0.25, 0.3) is 0 Å². The van der Waals surface area contributed by atoms with Gasteiger partial charge in [0.1, 0.15) is 0 Å². The molecule has 1 N–H and O–H groups in total. The van der Waals surface area contributed by atoms with Crippen molar-refractivity contribution in [3.8, 4) is 0 Å². The van der Waals surface area contributed by atoms with Crippen LogP contribution in [0, 0.1) is 0 Å². The predicted octanol–water partition coefficient (Wildman–Crippen LogP) is 3.36. The first-order valence-electron chi connectivity index (χ1n) is 6.89. The Balaban J connectivity index is 1.70. The Kier molecular flexibility index (Phi) is 4.18. The molecule has 1 aliphatic heterocycles. The standard InChI is InChI=1S/C16H14ClNO3S/c1-9(13-6-7-14(17)22-13)18-15(19)12-8-10-4-2-3-5-11(10)16(20)21-12/h2-7,9,12H,8H2,1H3,(H,18,19)/t9-,12+/m0/s1. The molecule has 0 unspecified atom stereocenters. The lowest BCUT2D eigenvalue weighted by atomic mass is 9.98. The number of hydrogen-bond acceptors (Lipinski definition) is 4. The number of rotatable bonds is 3. The molecule has 1 aromatic carbocycles.